The molecule has 23 heavy (non-hydrogen) atoms. The van der Waals surface area contributed by atoms with E-state index < -0.39 is 5.92 Å². The van der Waals surface area contributed by atoms with E-state index in [0.29, 0.717) is 18.8 Å². The summed E-state index contributed by atoms with van der Waals surface area (Å²) in [5, 5.41) is 7.08. The van der Waals surface area contributed by atoms with Crippen LogP contribution in [0.5, 0.6) is 0 Å². The standard InChI is InChI=1S/C17H25F2N3O/c1-12-10-20-21-15(12)9-13-3-2-8-22(11-13)16(23)14-4-6-17(18,19)7-5-14/h10,13-14H,2-9,11H2,1H3,(H,20,21)/t13-/m0/s1. The monoisotopic (exact) mass is 325 g/mol. The van der Waals surface area contributed by atoms with E-state index in [9.17, 15) is 13.6 Å². The van der Waals surface area contributed by atoms with Crippen LogP contribution in [0.2, 0.25) is 0 Å². The normalized spacial score (nSPS) is 25.5. The summed E-state index contributed by atoms with van der Waals surface area (Å²) in [4.78, 5) is 14.6. The number of aromatic nitrogens is 2. The third-order valence-corrected chi connectivity index (χ3v) is 5.32. The third-order valence-electron chi connectivity index (χ3n) is 5.32. The van der Waals surface area contributed by atoms with Crippen LogP contribution in [0.25, 0.3) is 0 Å². The van der Waals surface area contributed by atoms with Crippen LogP contribution in [0.15, 0.2) is 6.20 Å². The minimum Gasteiger partial charge on any atom is -0.342 e. The second kappa shape index (κ2) is 6.57. The van der Waals surface area contributed by atoms with Gasteiger partial charge in [0.25, 0.3) is 0 Å². The van der Waals surface area contributed by atoms with Gasteiger partial charge in [-0.2, -0.15) is 5.10 Å². The van der Waals surface area contributed by atoms with Crippen LogP contribution in [0.4, 0.5) is 8.78 Å². The van der Waals surface area contributed by atoms with Crippen molar-refractivity contribution in [2.75, 3.05) is 13.1 Å². The average Bonchev–Trinajstić information content (AvgIpc) is 2.92. The Morgan fingerprint density at radius 2 is 2.13 bits per heavy atom. The molecule has 0 unspecified atom stereocenters. The van der Waals surface area contributed by atoms with Gasteiger partial charge in [0, 0.05) is 37.5 Å². The van der Waals surface area contributed by atoms with Gasteiger partial charge in [-0.05, 0) is 50.5 Å². The van der Waals surface area contributed by atoms with Crippen molar-refractivity contribution in [3.05, 3.63) is 17.5 Å². The summed E-state index contributed by atoms with van der Waals surface area (Å²) in [6.45, 7) is 3.54. The molecule has 1 aromatic heterocycles. The lowest BCUT2D eigenvalue weighted by molar-refractivity contribution is -0.141. The summed E-state index contributed by atoms with van der Waals surface area (Å²) in [5.74, 6) is -2.26. The van der Waals surface area contributed by atoms with Gasteiger partial charge >= 0.3 is 0 Å². The maximum Gasteiger partial charge on any atom is 0.248 e. The molecule has 0 bridgehead atoms. The Hall–Kier alpha value is -1.46. The number of rotatable bonds is 3. The van der Waals surface area contributed by atoms with Crippen molar-refractivity contribution in [1.29, 1.82) is 0 Å². The van der Waals surface area contributed by atoms with Crippen LogP contribution >= 0.6 is 0 Å². The maximum atomic E-state index is 13.3. The van der Waals surface area contributed by atoms with Crippen LogP contribution in [0.1, 0.15) is 49.8 Å². The first-order valence-electron chi connectivity index (χ1n) is 8.60. The molecule has 1 aliphatic heterocycles. The van der Waals surface area contributed by atoms with E-state index >= 15 is 0 Å². The number of halogens is 2. The fourth-order valence-corrected chi connectivity index (χ4v) is 3.85. The topological polar surface area (TPSA) is 49.0 Å². The van der Waals surface area contributed by atoms with Gasteiger partial charge in [0.2, 0.25) is 11.8 Å². The molecule has 2 heterocycles. The highest BCUT2D eigenvalue weighted by Crippen LogP contribution is 2.37. The lowest BCUT2D eigenvalue weighted by atomic mass is 9.84. The van der Waals surface area contributed by atoms with Crippen LogP contribution in [0.3, 0.4) is 0 Å². The van der Waals surface area contributed by atoms with Crippen molar-refractivity contribution in [2.24, 2.45) is 11.8 Å². The number of aryl methyl sites for hydroxylation is 1. The Kier molecular flexibility index (Phi) is 4.69. The van der Waals surface area contributed by atoms with Gasteiger partial charge < -0.3 is 4.90 Å². The summed E-state index contributed by atoms with van der Waals surface area (Å²) in [5.41, 5.74) is 2.30. The van der Waals surface area contributed by atoms with Gasteiger partial charge in [-0.25, -0.2) is 8.78 Å². The highest BCUT2D eigenvalue weighted by atomic mass is 19.3. The van der Waals surface area contributed by atoms with Gasteiger partial charge in [0.05, 0.1) is 6.20 Å². The summed E-state index contributed by atoms with van der Waals surface area (Å²) in [6.07, 6.45) is 5.18. The van der Waals surface area contributed by atoms with Gasteiger partial charge in [0.15, 0.2) is 0 Å². The number of amides is 1. The molecule has 0 radical (unpaired) electrons. The first-order valence-corrected chi connectivity index (χ1v) is 8.60. The zero-order chi connectivity index (χ0) is 16.4. The minimum atomic E-state index is -2.57. The number of nitrogens with zero attached hydrogens (tertiary/aromatic N) is 2. The summed E-state index contributed by atoms with van der Waals surface area (Å²) in [7, 11) is 0. The molecular formula is C17H25F2N3O. The molecule has 2 aliphatic rings. The van der Waals surface area contributed by atoms with E-state index in [0.717, 1.165) is 43.6 Å². The summed E-state index contributed by atoms with van der Waals surface area (Å²) in [6, 6.07) is 0. The number of hydrogen-bond acceptors (Lipinski definition) is 2. The Morgan fingerprint density at radius 3 is 2.78 bits per heavy atom. The van der Waals surface area contributed by atoms with Crippen molar-refractivity contribution >= 4 is 5.91 Å². The van der Waals surface area contributed by atoms with Crippen LogP contribution < -0.4 is 0 Å². The zero-order valence-corrected chi connectivity index (χ0v) is 13.7. The fourth-order valence-electron chi connectivity index (χ4n) is 3.85. The van der Waals surface area contributed by atoms with Crippen LogP contribution in [-0.4, -0.2) is 40.0 Å². The molecule has 1 saturated carbocycles. The van der Waals surface area contributed by atoms with Crippen LogP contribution in [-0.2, 0) is 11.2 Å². The molecule has 1 N–H and O–H groups in total. The number of carbonyl (C=O) groups excluding carboxylic acids is 1. The first kappa shape index (κ1) is 16.4. The van der Waals surface area contributed by atoms with E-state index in [1.54, 1.807) is 0 Å². The van der Waals surface area contributed by atoms with Crippen molar-refractivity contribution in [2.45, 2.75) is 57.8 Å². The minimum absolute atomic E-state index is 0.0894. The Labute approximate surface area is 135 Å². The molecule has 1 amide bonds. The molecule has 1 atom stereocenters. The SMILES string of the molecule is Cc1cn[nH]c1C[C@@H]1CCCN(C(=O)C2CCC(F)(F)CC2)C1. The molecule has 128 valence electrons. The number of alkyl halides is 2. The lowest BCUT2D eigenvalue weighted by Crippen LogP contribution is -2.45. The predicted octanol–water partition coefficient (Wildman–Crippen LogP) is 3.32. The molecule has 1 saturated heterocycles. The van der Waals surface area contributed by atoms with Gasteiger partial charge in [-0.1, -0.05) is 0 Å². The van der Waals surface area contributed by atoms with Crippen molar-refractivity contribution in [1.82, 2.24) is 15.1 Å². The second-order valence-electron chi connectivity index (χ2n) is 7.16. The molecule has 1 aliphatic carbocycles. The zero-order valence-electron chi connectivity index (χ0n) is 13.7. The molecule has 6 heteroatoms. The Bertz CT molecular complexity index is 548. The number of nitrogens with one attached hydrogen (secondary N) is 1. The lowest BCUT2D eigenvalue weighted by Gasteiger charge is -2.37. The fraction of sp³-hybridized carbons (Fsp3) is 0.765. The Morgan fingerprint density at radius 1 is 1.39 bits per heavy atom. The van der Waals surface area contributed by atoms with Gasteiger partial charge in [-0.3, -0.25) is 9.89 Å². The van der Waals surface area contributed by atoms with E-state index in [4.69, 9.17) is 0 Å². The molecule has 2 fully saturated rings. The van der Waals surface area contributed by atoms with Crippen molar-refractivity contribution in [3.8, 4) is 0 Å². The molecule has 1 aromatic rings. The van der Waals surface area contributed by atoms with Crippen molar-refractivity contribution in [3.63, 3.8) is 0 Å². The average molecular weight is 325 g/mol. The van der Waals surface area contributed by atoms with E-state index in [2.05, 4.69) is 10.2 Å². The summed E-state index contributed by atoms with van der Waals surface area (Å²) < 4.78 is 26.5. The molecular weight excluding hydrogens is 300 g/mol. The smallest absolute Gasteiger partial charge is 0.248 e. The third kappa shape index (κ3) is 3.90. The van der Waals surface area contributed by atoms with Gasteiger partial charge in [-0.15, -0.1) is 0 Å². The molecule has 0 aromatic carbocycles. The number of aromatic amines is 1. The first-order chi connectivity index (χ1) is 10.9. The number of hydrogen-bond donors (Lipinski definition) is 1. The van der Waals surface area contributed by atoms with E-state index in [-0.39, 0.29) is 24.7 Å². The number of carbonyl (C=O) groups is 1. The largest absolute Gasteiger partial charge is 0.342 e. The number of H-pyrrole nitrogens is 1. The molecule has 3 rings (SSSR count). The van der Waals surface area contributed by atoms with E-state index in [1.807, 2.05) is 18.0 Å². The Balaban J connectivity index is 1.56. The quantitative estimate of drug-likeness (QED) is 0.927. The summed E-state index contributed by atoms with van der Waals surface area (Å²) >= 11 is 0. The maximum absolute atomic E-state index is 13.3. The molecule has 4 nitrogen and oxygen atoms in total. The molecule has 0 spiro atoms. The van der Waals surface area contributed by atoms with E-state index in [1.165, 1.54) is 0 Å². The van der Waals surface area contributed by atoms with Crippen LogP contribution in [0, 0.1) is 18.8 Å². The highest BCUT2D eigenvalue weighted by Gasteiger charge is 2.39. The predicted molar refractivity (Wildman–Crippen MR) is 83.2 cm³/mol. The van der Waals surface area contributed by atoms with Gasteiger partial charge in [0.1, 0.15) is 0 Å². The highest BCUT2D eigenvalue weighted by molar-refractivity contribution is 5.79. The second-order valence-corrected chi connectivity index (χ2v) is 7.16. The number of likely N-dealkylation sites (tertiary alicyclic amines) is 1. The number of piperidine rings is 1. The van der Waals surface area contributed by atoms with Crippen molar-refractivity contribution < 1.29 is 13.6 Å².